The molecule has 3 rings (SSSR count). The molecule has 0 amide bonds. The molecule has 0 saturated carbocycles. The molecule has 102 valence electrons. The molecule has 0 atom stereocenters. The number of fused-ring (bicyclic) bond motifs is 1. The number of furan rings is 1. The van der Waals surface area contributed by atoms with Gasteiger partial charge in [-0.3, -0.25) is 4.79 Å². The third-order valence-electron chi connectivity index (χ3n) is 2.83. The maximum atomic E-state index is 11.4. The summed E-state index contributed by atoms with van der Waals surface area (Å²) >= 11 is 1.44. The Morgan fingerprint density at radius 3 is 3.05 bits per heavy atom. The second kappa shape index (κ2) is 5.46. The van der Waals surface area contributed by atoms with Gasteiger partial charge in [-0.2, -0.15) is 0 Å². The predicted octanol–water partition coefficient (Wildman–Crippen LogP) is 3.66. The van der Waals surface area contributed by atoms with Crippen molar-refractivity contribution in [1.82, 2.24) is 4.98 Å². The van der Waals surface area contributed by atoms with E-state index in [1.54, 1.807) is 6.92 Å². The summed E-state index contributed by atoms with van der Waals surface area (Å²) in [5.74, 6) is 0.468. The number of rotatable bonds is 4. The average molecular weight is 287 g/mol. The molecule has 5 heteroatoms. The summed E-state index contributed by atoms with van der Waals surface area (Å²) in [7, 11) is 0. The molecule has 0 radical (unpaired) electrons. The Labute approximate surface area is 120 Å². The van der Waals surface area contributed by atoms with Gasteiger partial charge in [0.1, 0.15) is 16.3 Å². The van der Waals surface area contributed by atoms with Crippen LogP contribution in [-0.2, 0) is 16.0 Å². The fourth-order valence-corrected chi connectivity index (χ4v) is 2.72. The summed E-state index contributed by atoms with van der Waals surface area (Å²) in [6.45, 7) is 2.18. The van der Waals surface area contributed by atoms with Gasteiger partial charge in [-0.25, -0.2) is 4.98 Å². The van der Waals surface area contributed by atoms with Crippen LogP contribution >= 0.6 is 11.3 Å². The third kappa shape index (κ3) is 2.58. The molecule has 0 N–H and O–H groups in total. The first-order valence-electron chi connectivity index (χ1n) is 6.35. The normalized spacial score (nSPS) is 10.8. The van der Waals surface area contributed by atoms with Crippen molar-refractivity contribution in [1.29, 1.82) is 0 Å². The van der Waals surface area contributed by atoms with Gasteiger partial charge in [0.05, 0.1) is 13.0 Å². The van der Waals surface area contributed by atoms with Gasteiger partial charge in [-0.1, -0.05) is 18.2 Å². The number of nitrogens with zero attached hydrogens (tertiary/aromatic N) is 1. The van der Waals surface area contributed by atoms with Gasteiger partial charge < -0.3 is 9.15 Å². The zero-order chi connectivity index (χ0) is 13.9. The van der Waals surface area contributed by atoms with Crippen LogP contribution < -0.4 is 0 Å². The Balaban J connectivity index is 1.84. The minimum absolute atomic E-state index is 0.207. The molecule has 3 aromatic rings. The highest BCUT2D eigenvalue weighted by Gasteiger charge is 2.12. The molecule has 0 unspecified atom stereocenters. The molecule has 0 saturated heterocycles. The van der Waals surface area contributed by atoms with Crippen molar-refractivity contribution in [3.63, 3.8) is 0 Å². The number of carbonyl (C=O) groups is 1. The number of hydrogen-bond acceptors (Lipinski definition) is 5. The largest absolute Gasteiger partial charge is 0.466 e. The first-order chi connectivity index (χ1) is 9.76. The molecule has 0 aliphatic heterocycles. The minimum Gasteiger partial charge on any atom is -0.466 e. The van der Waals surface area contributed by atoms with Gasteiger partial charge in [0.25, 0.3) is 0 Å². The summed E-state index contributed by atoms with van der Waals surface area (Å²) in [5.41, 5.74) is 1.59. The lowest BCUT2D eigenvalue weighted by Crippen LogP contribution is -2.07. The maximum absolute atomic E-state index is 11.4. The Kier molecular flexibility index (Phi) is 3.52. The van der Waals surface area contributed by atoms with Gasteiger partial charge in [-0.15, -0.1) is 11.3 Å². The topological polar surface area (TPSA) is 52.3 Å². The molecule has 0 aliphatic carbocycles. The van der Waals surface area contributed by atoms with Crippen molar-refractivity contribution in [2.75, 3.05) is 6.61 Å². The molecule has 0 bridgehead atoms. The average Bonchev–Trinajstić information content (AvgIpc) is 3.04. The van der Waals surface area contributed by atoms with Crippen molar-refractivity contribution in [2.45, 2.75) is 13.3 Å². The summed E-state index contributed by atoms with van der Waals surface area (Å²) in [6, 6.07) is 9.77. The maximum Gasteiger partial charge on any atom is 0.312 e. The molecular weight excluding hydrogens is 274 g/mol. The van der Waals surface area contributed by atoms with E-state index in [1.165, 1.54) is 11.3 Å². The number of benzene rings is 1. The van der Waals surface area contributed by atoms with E-state index in [4.69, 9.17) is 9.15 Å². The molecule has 0 spiro atoms. The minimum atomic E-state index is -0.252. The molecular formula is C15H13NO3S. The molecule has 20 heavy (non-hydrogen) atoms. The van der Waals surface area contributed by atoms with Gasteiger partial charge in [0, 0.05) is 10.8 Å². The summed E-state index contributed by atoms with van der Waals surface area (Å²) in [5, 5.41) is 3.67. The highest BCUT2D eigenvalue weighted by molar-refractivity contribution is 7.10. The van der Waals surface area contributed by atoms with E-state index >= 15 is 0 Å². The fraction of sp³-hybridized carbons (Fsp3) is 0.200. The van der Waals surface area contributed by atoms with Crippen LogP contribution in [0.2, 0.25) is 0 Å². The van der Waals surface area contributed by atoms with Crippen LogP contribution in [0.15, 0.2) is 40.1 Å². The van der Waals surface area contributed by atoms with Crippen molar-refractivity contribution in [3.8, 4) is 11.5 Å². The second-order valence-electron chi connectivity index (χ2n) is 4.26. The van der Waals surface area contributed by atoms with Crippen LogP contribution in [0.4, 0.5) is 0 Å². The number of para-hydroxylation sites is 1. The lowest BCUT2D eigenvalue weighted by atomic mass is 10.2. The van der Waals surface area contributed by atoms with E-state index in [1.807, 2.05) is 35.7 Å². The summed E-state index contributed by atoms with van der Waals surface area (Å²) in [4.78, 5) is 15.8. The number of hydrogen-bond donors (Lipinski definition) is 0. The lowest BCUT2D eigenvalue weighted by molar-refractivity contribution is -0.142. The van der Waals surface area contributed by atoms with Crippen LogP contribution in [0, 0.1) is 0 Å². The van der Waals surface area contributed by atoms with Gasteiger partial charge in [0.15, 0.2) is 5.76 Å². The Bertz CT molecular complexity index is 711. The van der Waals surface area contributed by atoms with E-state index < -0.39 is 0 Å². The third-order valence-corrected chi connectivity index (χ3v) is 3.68. The monoisotopic (exact) mass is 287 g/mol. The standard InChI is InChI=1S/C15H13NO3S/c1-2-18-15(17)8-14-16-11(9-20-14)13-7-10-5-3-4-6-12(10)19-13/h3-7,9H,2,8H2,1H3. The van der Waals surface area contributed by atoms with E-state index in [0.29, 0.717) is 6.61 Å². The highest BCUT2D eigenvalue weighted by Crippen LogP contribution is 2.28. The number of thiazole rings is 1. The zero-order valence-corrected chi connectivity index (χ0v) is 11.8. The quantitative estimate of drug-likeness (QED) is 0.687. The van der Waals surface area contributed by atoms with Crippen molar-refractivity contribution < 1.29 is 13.9 Å². The molecule has 0 fully saturated rings. The lowest BCUT2D eigenvalue weighted by Gasteiger charge is -1.97. The fourth-order valence-electron chi connectivity index (χ4n) is 1.95. The molecule has 2 heterocycles. The number of carbonyl (C=O) groups excluding carboxylic acids is 1. The van der Waals surface area contributed by atoms with Crippen LogP contribution in [0.25, 0.3) is 22.4 Å². The van der Waals surface area contributed by atoms with Gasteiger partial charge in [0.2, 0.25) is 0 Å². The van der Waals surface area contributed by atoms with Crippen LogP contribution in [0.5, 0.6) is 0 Å². The highest BCUT2D eigenvalue weighted by atomic mass is 32.1. The summed E-state index contributed by atoms with van der Waals surface area (Å²) in [6.07, 6.45) is 0.207. The van der Waals surface area contributed by atoms with E-state index in [9.17, 15) is 4.79 Å². The Hall–Kier alpha value is -2.14. The van der Waals surface area contributed by atoms with Crippen LogP contribution in [0.3, 0.4) is 0 Å². The van der Waals surface area contributed by atoms with E-state index in [2.05, 4.69) is 4.98 Å². The van der Waals surface area contributed by atoms with Crippen molar-refractivity contribution in [2.24, 2.45) is 0 Å². The first kappa shape index (κ1) is 12.9. The first-order valence-corrected chi connectivity index (χ1v) is 7.23. The number of esters is 1. The van der Waals surface area contributed by atoms with E-state index in [0.717, 1.165) is 27.4 Å². The van der Waals surface area contributed by atoms with Crippen molar-refractivity contribution >= 4 is 28.3 Å². The van der Waals surface area contributed by atoms with Crippen molar-refractivity contribution in [3.05, 3.63) is 40.7 Å². The van der Waals surface area contributed by atoms with Gasteiger partial charge in [-0.05, 0) is 19.1 Å². The SMILES string of the molecule is CCOC(=O)Cc1nc(-c2cc3ccccc3o2)cs1. The molecule has 0 aliphatic rings. The Morgan fingerprint density at radius 2 is 2.25 bits per heavy atom. The number of aromatic nitrogens is 1. The van der Waals surface area contributed by atoms with Gasteiger partial charge >= 0.3 is 5.97 Å². The molecule has 1 aromatic carbocycles. The van der Waals surface area contributed by atoms with E-state index in [-0.39, 0.29) is 12.4 Å². The predicted molar refractivity (Wildman–Crippen MR) is 77.7 cm³/mol. The summed E-state index contributed by atoms with van der Waals surface area (Å²) < 4.78 is 10.7. The van der Waals surface area contributed by atoms with Crippen LogP contribution in [-0.4, -0.2) is 17.6 Å². The smallest absolute Gasteiger partial charge is 0.312 e. The van der Waals surface area contributed by atoms with Crippen LogP contribution in [0.1, 0.15) is 11.9 Å². The number of ether oxygens (including phenoxy) is 1. The zero-order valence-electron chi connectivity index (χ0n) is 11.0. The molecule has 2 aromatic heterocycles. The second-order valence-corrected chi connectivity index (χ2v) is 5.20. The molecule has 4 nitrogen and oxygen atoms in total. The Morgan fingerprint density at radius 1 is 1.40 bits per heavy atom.